The summed E-state index contributed by atoms with van der Waals surface area (Å²) in [6.45, 7) is 16.8. The maximum atomic E-state index is 5.56. The Kier molecular flexibility index (Phi) is 8.51. The van der Waals surface area contributed by atoms with Crippen LogP contribution in [0.15, 0.2) is 36.6 Å². The molecule has 0 N–H and O–H groups in total. The molecule has 0 aliphatic carbocycles. The predicted molar refractivity (Wildman–Crippen MR) is 73.7 cm³/mol. The van der Waals surface area contributed by atoms with Gasteiger partial charge >= 0.3 is 0 Å². The summed E-state index contributed by atoms with van der Waals surface area (Å²) >= 11 is 0. The van der Waals surface area contributed by atoms with Crippen LogP contribution in [-0.2, 0) is 9.47 Å². The van der Waals surface area contributed by atoms with Crippen molar-refractivity contribution in [1.29, 1.82) is 0 Å². The lowest BCUT2D eigenvalue weighted by Gasteiger charge is -2.17. The molecule has 2 atom stereocenters. The molecule has 0 amide bonds. The minimum Gasteiger partial charge on any atom is -0.466 e. The average molecular weight is 238 g/mol. The van der Waals surface area contributed by atoms with Crippen molar-refractivity contribution < 1.29 is 9.47 Å². The lowest BCUT2D eigenvalue weighted by Crippen LogP contribution is -2.14. The van der Waals surface area contributed by atoms with Crippen LogP contribution in [0.4, 0.5) is 0 Å². The van der Waals surface area contributed by atoms with E-state index in [1.54, 1.807) is 0 Å². The van der Waals surface area contributed by atoms with Crippen LogP contribution in [0.25, 0.3) is 0 Å². The summed E-state index contributed by atoms with van der Waals surface area (Å²) < 4.78 is 11.0. The summed E-state index contributed by atoms with van der Waals surface area (Å²) in [5, 5.41) is 0. The van der Waals surface area contributed by atoms with Gasteiger partial charge in [0, 0.05) is 13.0 Å². The summed E-state index contributed by atoms with van der Waals surface area (Å²) in [7, 11) is 0. The van der Waals surface area contributed by atoms with Crippen molar-refractivity contribution in [3.63, 3.8) is 0 Å². The van der Waals surface area contributed by atoms with Gasteiger partial charge in [-0.25, -0.2) is 0 Å². The van der Waals surface area contributed by atoms with Gasteiger partial charge in [0.15, 0.2) is 6.29 Å². The Hall–Kier alpha value is -1.02. The van der Waals surface area contributed by atoms with Crippen molar-refractivity contribution >= 4 is 0 Å². The third-order valence-corrected chi connectivity index (χ3v) is 2.70. The van der Waals surface area contributed by atoms with Gasteiger partial charge in [0.05, 0.1) is 0 Å². The highest BCUT2D eigenvalue weighted by atomic mass is 16.7. The molecule has 2 nitrogen and oxygen atoms in total. The second kappa shape index (κ2) is 9.06. The van der Waals surface area contributed by atoms with Crippen molar-refractivity contribution in [2.45, 2.75) is 46.8 Å². The molecule has 0 aromatic rings. The van der Waals surface area contributed by atoms with E-state index in [2.05, 4.69) is 27.0 Å². The van der Waals surface area contributed by atoms with Crippen LogP contribution in [-0.4, -0.2) is 12.9 Å². The van der Waals surface area contributed by atoms with E-state index in [4.69, 9.17) is 9.47 Å². The first-order chi connectivity index (χ1) is 8.04. The molecule has 0 spiro atoms. The van der Waals surface area contributed by atoms with Crippen molar-refractivity contribution in [3.05, 3.63) is 36.6 Å². The zero-order valence-corrected chi connectivity index (χ0v) is 11.7. The molecule has 0 fully saturated rings. The fraction of sp³-hybridized carbons (Fsp3) is 0.600. The van der Waals surface area contributed by atoms with Gasteiger partial charge in [-0.3, -0.25) is 0 Å². The van der Waals surface area contributed by atoms with E-state index in [0.717, 1.165) is 18.4 Å². The summed E-state index contributed by atoms with van der Waals surface area (Å²) in [5.74, 6) is 1.11. The Bertz CT molecular complexity index is 266. The fourth-order valence-corrected chi connectivity index (χ4v) is 1.26. The Labute approximate surface area is 106 Å². The maximum Gasteiger partial charge on any atom is 0.199 e. The molecule has 0 aliphatic rings. The first kappa shape index (κ1) is 16.0. The molecule has 0 rings (SSSR count). The molecule has 0 saturated carbocycles. The van der Waals surface area contributed by atoms with Gasteiger partial charge in [-0.15, -0.1) is 0 Å². The predicted octanol–water partition coefficient (Wildman–Crippen LogP) is 4.45. The van der Waals surface area contributed by atoms with Crippen molar-refractivity contribution in [2.75, 3.05) is 6.61 Å². The quantitative estimate of drug-likeness (QED) is 0.336. The second-order valence-corrected chi connectivity index (χ2v) is 4.09. The second-order valence-electron chi connectivity index (χ2n) is 4.09. The Morgan fingerprint density at radius 2 is 1.76 bits per heavy atom. The monoisotopic (exact) mass is 238 g/mol. The molecular formula is C15H26O2. The number of ether oxygens (including phenoxy) is 2. The first-order valence-corrected chi connectivity index (χ1v) is 6.39. The molecule has 0 bridgehead atoms. The van der Waals surface area contributed by atoms with Gasteiger partial charge in [-0.2, -0.15) is 0 Å². The van der Waals surface area contributed by atoms with Crippen molar-refractivity contribution in [2.24, 2.45) is 5.92 Å². The van der Waals surface area contributed by atoms with E-state index >= 15 is 0 Å². The van der Waals surface area contributed by atoms with E-state index in [1.165, 1.54) is 0 Å². The van der Waals surface area contributed by atoms with E-state index < -0.39 is 0 Å². The first-order valence-electron chi connectivity index (χ1n) is 6.39. The molecule has 0 aromatic heterocycles. The lowest BCUT2D eigenvalue weighted by molar-refractivity contribution is -0.110. The van der Waals surface area contributed by atoms with Crippen molar-refractivity contribution in [3.8, 4) is 0 Å². The van der Waals surface area contributed by atoms with Crippen LogP contribution in [0, 0.1) is 5.92 Å². The highest BCUT2D eigenvalue weighted by Gasteiger charge is 2.06. The lowest BCUT2D eigenvalue weighted by atomic mass is 10.00. The standard InChI is InChI=1S/C15H26O2/c1-7-12(4)13(5)10-11-14(6)17-15(8-2)16-9-3/h10-12,15H,5-9H2,1-4H3. The molecule has 0 saturated heterocycles. The minimum atomic E-state index is -0.200. The normalized spacial score (nSPS) is 14.6. The van der Waals surface area contributed by atoms with E-state index in [0.29, 0.717) is 18.3 Å². The van der Waals surface area contributed by atoms with Gasteiger partial charge in [-0.05, 0) is 25.3 Å². The highest BCUT2D eigenvalue weighted by Crippen LogP contribution is 2.15. The number of hydrogen-bond donors (Lipinski definition) is 0. The smallest absolute Gasteiger partial charge is 0.199 e. The fourth-order valence-electron chi connectivity index (χ4n) is 1.26. The molecule has 0 heterocycles. The summed E-state index contributed by atoms with van der Waals surface area (Å²) in [6.07, 6.45) is 5.53. The Morgan fingerprint density at radius 3 is 2.24 bits per heavy atom. The van der Waals surface area contributed by atoms with Crippen LogP contribution in [0.1, 0.15) is 40.5 Å². The largest absolute Gasteiger partial charge is 0.466 e. The SMILES string of the molecule is C=C(C=CC(=C)C(C)CC)OC(CC)OCC. The zero-order chi connectivity index (χ0) is 13.3. The van der Waals surface area contributed by atoms with Crippen LogP contribution >= 0.6 is 0 Å². The van der Waals surface area contributed by atoms with E-state index in [-0.39, 0.29) is 6.29 Å². The maximum absolute atomic E-state index is 5.56. The summed E-state index contributed by atoms with van der Waals surface area (Å²) in [4.78, 5) is 0. The van der Waals surface area contributed by atoms with Gasteiger partial charge in [-0.1, -0.05) is 45.6 Å². The molecule has 98 valence electrons. The molecule has 0 aromatic carbocycles. The minimum absolute atomic E-state index is 0.200. The van der Waals surface area contributed by atoms with Crippen LogP contribution in [0.5, 0.6) is 0 Å². The summed E-state index contributed by atoms with van der Waals surface area (Å²) in [6, 6.07) is 0. The number of allylic oxidation sites excluding steroid dienone is 3. The van der Waals surface area contributed by atoms with Gasteiger partial charge in [0.1, 0.15) is 5.76 Å². The zero-order valence-electron chi connectivity index (χ0n) is 11.7. The Balaban J connectivity index is 4.16. The molecule has 17 heavy (non-hydrogen) atoms. The molecule has 2 heteroatoms. The highest BCUT2D eigenvalue weighted by molar-refractivity contribution is 5.22. The van der Waals surface area contributed by atoms with Crippen molar-refractivity contribution in [1.82, 2.24) is 0 Å². The van der Waals surface area contributed by atoms with Gasteiger partial charge in [0.25, 0.3) is 0 Å². The van der Waals surface area contributed by atoms with Crippen LogP contribution < -0.4 is 0 Å². The topological polar surface area (TPSA) is 18.5 Å². The van der Waals surface area contributed by atoms with E-state index in [1.807, 2.05) is 26.0 Å². The van der Waals surface area contributed by atoms with Crippen LogP contribution in [0.3, 0.4) is 0 Å². The van der Waals surface area contributed by atoms with Crippen LogP contribution in [0.2, 0.25) is 0 Å². The van der Waals surface area contributed by atoms with Gasteiger partial charge in [0.2, 0.25) is 0 Å². The third-order valence-electron chi connectivity index (χ3n) is 2.70. The number of rotatable bonds is 9. The Morgan fingerprint density at radius 1 is 1.12 bits per heavy atom. The van der Waals surface area contributed by atoms with E-state index in [9.17, 15) is 0 Å². The molecule has 2 unspecified atom stereocenters. The van der Waals surface area contributed by atoms with Gasteiger partial charge < -0.3 is 9.47 Å². The summed E-state index contributed by atoms with van der Waals surface area (Å²) in [5.41, 5.74) is 1.10. The molecule has 0 aliphatic heterocycles. The third kappa shape index (κ3) is 7.01. The molecule has 0 radical (unpaired) electrons. The molecular weight excluding hydrogens is 212 g/mol. The average Bonchev–Trinajstić information content (AvgIpc) is 2.34. The number of hydrogen-bond acceptors (Lipinski definition) is 2.